The van der Waals surface area contributed by atoms with E-state index >= 15 is 0 Å². The SMILES string of the molecule is S=CN[C-](S)Nc1ccccc1. The second-order valence-electron chi connectivity index (χ2n) is 2.10. The fourth-order valence-electron chi connectivity index (χ4n) is 0.750. The van der Waals surface area contributed by atoms with Crippen molar-refractivity contribution in [3.05, 3.63) is 35.8 Å². The first kappa shape index (κ1) is 9.35. The first-order valence-electron chi connectivity index (χ1n) is 3.41. The van der Waals surface area contributed by atoms with Crippen molar-refractivity contribution in [2.45, 2.75) is 0 Å². The molecule has 12 heavy (non-hydrogen) atoms. The van der Waals surface area contributed by atoms with Crippen LogP contribution in [0.3, 0.4) is 0 Å². The van der Waals surface area contributed by atoms with E-state index in [1.165, 1.54) is 5.49 Å². The molecule has 0 spiro atoms. The van der Waals surface area contributed by atoms with Crippen molar-refractivity contribution in [3.8, 4) is 0 Å². The molecule has 0 amide bonds. The number of thiocarbonyl (C=S) groups is 1. The summed E-state index contributed by atoms with van der Waals surface area (Å²) in [6, 6.07) is 9.74. The number of thiol groups is 1. The first-order chi connectivity index (χ1) is 5.83. The zero-order valence-corrected chi connectivity index (χ0v) is 8.03. The molecular weight excluding hydrogens is 188 g/mol. The van der Waals surface area contributed by atoms with Crippen LogP contribution in [0.25, 0.3) is 0 Å². The minimum absolute atomic E-state index is 0.621. The zero-order valence-electron chi connectivity index (χ0n) is 6.32. The molecule has 0 radical (unpaired) electrons. The number of hydrogen-bond acceptors (Lipinski definition) is 3. The molecule has 2 N–H and O–H groups in total. The highest BCUT2D eigenvalue weighted by Crippen LogP contribution is 2.10. The van der Waals surface area contributed by atoms with E-state index < -0.39 is 0 Å². The van der Waals surface area contributed by atoms with E-state index in [-0.39, 0.29) is 0 Å². The summed E-state index contributed by atoms with van der Waals surface area (Å²) in [5.41, 5.74) is 3.00. The van der Waals surface area contributed by atoms with Crippen molar-refractivity contribution in [2.75, 3.05) is 5.32 Å². The molecule has 1 aromatic rings. The molecule has 1 aromatic carbocycles. The number of hydrogen-bond donors (Lipinski definition) is 3. The molecule has 1 rings (SSSR count). The predicted octanol–water partition coefficient (Wildman–Crippen LogP) is 2.02. The lowest BCUT2D eigenvalue weighted by molar-refractivity contribution is 1.12. The Morgan fingerprint density at radius 2 is 2.00 bits per heavy atom. The van der Waals surface area contributed by atoms with Gasteiger partial charge in [0.1, 0.15) is 0 Å². The molecule has 2 nitrogen and oxygen atoms in total. The molecule has 0 atom stereocenters. The zero-order chi connectivity index (χ0) is 8.81. The lowest BCUT2D eigenvalue weighted by Crippen LogP contribution is -2.20. The number of nitrogens with one attached hydrogen (secondary N) is 2. The highest BCUT2D eigenvalue weighted by atomic mass is 32.1. The van der Waals surface area contributed by atoms with Gasteiger partial charge in [-0.25, -0.2) is 0 Å². The van der Waals surface area contributed by atoms with Crippen LogP contribution in [0.15, 0.2) is 30.3 Å². The fourth-order valence-corrected chi connectivity index (χ4v) is 1.15. The van der Waals surface area contributed by atoms with Crippen molar-refractivity contribution < 1.29 is 0 Å². The highest BCUT2D eigenvalue weighted by molar-refractivity contribution is 7.83. The Bertz CT molecular complexity index is 238. The third-order valence-electron chi connectivity index (χ3n) is 1.23. The van der Waals surface area contributed by atoms with E-state index in [1.54, 1.807) is 0 Å². The summed E-state index contributed by atoms with van der Waals surface area (Å²) in [7, 11) is 0. The Morgan fingerprint density at radius 1 is 1.33 bits per heavy atom. The van der Waals surface area contributed by atoms with Gasteiger partial charge in [-0.05, 0) is 12.1 Å². The smallest absolute Gasteiger partial charge is 0.0345 e. The lowest BCUT2D eigenvalue weighted by atomic mass is 10.3. The molecule has 0 aliphatic rings. The standard InChI is InChI=1S/C8H9N2S2/c11-6-9-8(12)10-7-4-2-1-3-5-7/h1-6,10,12H,(H,9,11)/q-1. The Kier molecular flexibility index (Phi) is 3.90. The third-order valence-corrected chi connectivity index (χ3v) is 1.59. The van der Waals surface area contributed by atoms with Gasteiger partial charge >= 0.3 is 0 Å². The maximum absolute atomic E-state index is 4.60. The van der Waals surface area contributed by atoms with Crippen LogP contribution in [-0.2, 0) is 0 Å². The summed E-state index contributed by atoms with van der Waals surface area (Å²) in [4.78, 5) is 0. The van der Waals surface area contributed by atoms with E-state index in [9.17, 15) is 0 Å². The number of para-hydroxylation sites is 1. The first-order valence-corrected chi connectivity index (χ1v) is 4.33. The Labute approximate surface area is 82.8 Å². The van der Waals surface area contributed by atoms with E-state index in [0.717, 1.165) is 5.69 Å². The van der Waals surface area contributed by atoms with Gasteiger partial charge in [0.05, 0.1) is 0 Å². The summed E-state index contributed by atoms with van der Waals surface area (Å²) in [6.45, 7) is 0. The van der Waals surface area contributed by atoms with Gasteiger partial charge < -0.3 is 23.3 Å². The maximum atomic E-state index is 4.60. The summed E-state index contributed by atoms with van der Waals surface area (Å²) < 4.78 is 0. The topological polar surface area (TPSA) is 24.1 Å². The normalized spacial score (nSPS) is 9.50. The number of anilines is 1. The van der Waals surface area contributed by atoms with Crippen LogP contribution in [0.2, 0.25) is 0 Å². The van der Waals surface area contributed by atoms with E-state index in [1.807, 2.05) is 30.3 Å². The molecule has 0 heterocycles. The molecule has 4 heteroatoms. The van der Waals surface area contributed by atoms with Gasteiger partial charge in [0.2, 0.25) is 0 Å². The van der Waals surface area contributed by atoms with Crippen LogP contribution in [0.5, 0.6) is 0 Å². The summed E-state index contributed by atoms with van der Waals surface area (Å²) in [6.07, 6.45) is 0. The Balaban J connectivity index is 2.46. The van der Waals surface area contributed by atoms with Crippen LogP contribution in [0.1, 0.15) is 0 Å². The van der Waals surface area contributed by atoms with Crippen LogP contribution in [-0.4, -0.2) is 5.49 Å². The largest absolute Gasteiger partial charge is 0.504 e. The summed E-state index contributed by atoms with van der Waals surface area (Å²) in [5.74, 6) is 0. The van der Waals surface area contributed by atoms with Gasteiger partial charge in [-0.2, -0.15) is 0 Å². The van der Waals surface area contributed by atoms with Crippen molar-refractivity contribution in [2.24, 2.45) is 0 Å². The van der Waals surface area contributed by atoms with Gasteiger partial charge in [0.15, 0.2) is 0 Å². The maximum Gasteiger partial charge on any atom is 0.0345 e. The van der Waals surface area contributed by atoms with E-state index in [4.69, 9.17) is 0 Å². The van der Waals surface area contributed by atoms with Gasteiger partial charge in [0, 0.05) is 11.2 Å². The van der Waals surface area contributed by atoms with Crippen LogP contribution < -0.4 is 10.6 Å². The number of rotatable bonds is 4. The second kappa shape index (κ2) is 5.00. The molecule has 0 aromatic heterocycles. The number of benzene rings is 1. The molecule has 0 saturated carbocycles. The lowest BCUT2D eigenvalue weighted by Gasteiger charge is -2.27. The van der Waals surface area contributed by atoms with Gasteiger partial charge in [-0.1, -0.05) is 35.9 Å². The van der Waals surface area contributed by atoms with Crippen molar-refractivity contribution in [1.82, 2.24) is 5.32 Å². The van der Waals surface area contributed by atoms with E-state index in [2.05, 4.69) is 35.5 Å². The monoisotopic (exact) mass is 197 g/mol. The average Bonchev–Trinajstić information content (AvgIpc) is 2.06. The summed E-state index contributed by atoms with van der Waals surface area (Å²) >= 11 is 8.72. The van der Waals surface area contributed by atoms with Gasteiger partial charge in [-0.15, -0.1) is 0 Å². The van der Waals surface area contributed by atoms with Crippen LogP contribution >= 0.6 is 24.8 Å². The van der Waals surface area contributed by atoms with Crippen molar-refractivity contribution in [3.63, 3.8) is 0 Å². The van der Waals surface area contributed by atoms with Crippen LogP contribution in [0.4, 0.5) is 5.69 Å². The summed E-state index contributed by atoms with van der Waals surface area (Å²) in [5, 5.41) is 5.77. The molecule has 0 saturated heterocycles. The molecule has 0 fully saturated rings. The predicted molar refractivity (Wildman–Crippen MR) is 59.1 cm³/mol. The minimum Gasteiger partial charge on any atom is -0.504 e. The van der Waals surface area contributed by atoms with Crippen LogP contribution in [0, 0.1) is 5.50 Å². The average molecular weight is 197 g/mol. The Hall–Kier alpha value is -0.740. The second-order valence-corrected chi connectivity index (χ2v) is 2.78. The molecule has 0 aliphatic carbocycles. The molecule has 0 unspecified atom stereocenters. The van der Waals surface area contributed by atoms with Crippen molar-refractivity contribution in [1.29, 1.82) is 0 Å². The quantitative estimate of drug-likeness (QED) is 0.391. The minimum atomic E-state index is 0.621. The van der Waals surface area contributed by atoms with Crippen molar-refractivity contribution >= 4 is 36.0 Å². The highest BCUT2D eigenvalue weighted by Gasteiger charge is 1.85. The molecule has 64 valence electrons. The van der Waals surface area contributed by atoms with E-state index in [0.29, 0.717) is 5.50 Å². The van der Waals surface area contributed by atoms with Gasteiger partial charge in [0.25, 0.3) is 0 Å². The molecular formula is C8H9N2S2-. The third kappa shape index (κ3) is 3.11. The molecule has 0 bridgehead atoms. The Morgan fingerprint density at radius 3 is 2.58 bits per heavy atom. The fraction of sp³-hybridized carbons (Fsp3) is 0. The molecule has 0 aliphatic heterocycles. The van der Waals surface area contributed by atoms with Gasteiger partial charge in [-0.3, -0.25) is 0 Å².